The summed E-state index contributed by atoms with van der Waals surface area (Å²) in [6, 6.07) is -0.299. The summed E-state index contributed by atoms with van der Waals surface area (Å²) in [5.74, 6) is -1.37. The van der Waals surface area contributed by atoms with Crippen molar-refractivity contribution in [2.24, 2.45) is 11.8 Å². The van der Waals surface area contributed by atoms with E-state index in [1.165, 1.54) is 4.90 Å². The van der Waals surface area contributed by atoms with E-state index in [2.05, 4.69) is 10.6 Å². The number of carbonyl (C=O) groups excluding carboxylic acids is 2. The zero-order valence-corrected chi connectivity index (χ0v) is 12.2. The molecular formula is C13H22N4O4. The molecule has 0 bridgehead atoms. The number of nitrogens with zero attached hydrogens (tertiary/aromatic N) is 2. The lowest BCUT2D eigenvalue weighted by Crippen LogP contribution is -2.58. The second-order valence-corrected chi connectivity index (χ2v) is 5.58. The number of likely N-dealkylation sites (tertiary alicyclic amines) is 1. The maximum atomic E-state index is 11.9. The molecule has 3 N–H and O–H groups in total. The van der Waals surface area contributed by atoms with Gasteiger partial charge in [-0.25, -0.2) is 4.79 Å². The average Bonchev–Trinajstić information content (AvgIpc) is 2.43. The summed E-state index contributed by atoms with van der Waals surface area (Å²) in [5, 5.41) is 14.6. The van der Waals surface area contributed by atoms with E-state index in [9.17, 15) is 14.4 Å². The molecule has 0 radical (unpaired) electrons. The third-order valence-corrected chi connectivity index (χ3v) is 4.15. The molecule has 2 aliphatic rings. The minimum Gasteiger partial charge on any atom is -0.481 e. The summed E-state index contributed by atoms with van der Waals surface area (Å²) < 4.78 is 0. The van der Waals surface area contributed by atoms with Gasteiger partial charge in [-0.05, 0) is 0 Å². The van der Waals surface area contributed by atoms with Crippen molar-refractivity contribution in [3.05, 3.63) is 0 Å². The lowest BCUT2D eigenvalue weighted by atomic mass is 9.87. The molecule has 0 aliphatic carbocycles. The summed E-state index contributed by atoms with van der Waals surface area (Å²) in [6.45, 7) is 5.39. The molecule has 0 aromatic rings. The molecule has 0 saturated carbocycles. The van der Waals surface area contributed by atoms with E-state index in [4.69, 9.17) is 5.11 Å². The Labute approximate surface area is 123 Å². The van der Waals surface area contributed by atoms with Crippen molar-refractivity contribution >= 4 is 17.9 Å². The molecule has 0 spiro atoms. The number of aliphatic carboxylic acids is 1. The minimum absolute atomic E-state index is 0.00267. The van der Waals surface area contributed by atoms with Gasteiger partial charge in [0, 0.05) is 45.2 Å². The molecule has 8 nitrogen and oxygen atoms in total. The fraction of sp³-hybridized carbons (Fsp3) is 0.769. The number of rotatable bonds is 4. The summed E-state index contributed by atoms with van der Waals surface area (Å²) in [6.07, 6.45) is 0. The van der Waals surface area contributed by atoms with Crippen LogP contribution in [0.25, 0.3) is 0 Å². The van der Waals surface area contributed by atoms with Gasteiger partial charge in [-0.2, -0.15) is 0 Å². The summed E-state index contributed by atoms with van der Waals surface area (Å²) in [4.78, 5) is 37.8. The molecule has 1 atom stereocenters. The second kappa shape index (κ2) is 6.75. The highest BCUT2D eigenvalue weighted by atomic mass is 16.4. The van der Waals surface area contributed by atoms with E-state index in [1.807, 2.05) is 0 Å². The SMILES string of the molecule is CC(C(=O)O)C1CN(C(=O)NCC(=O)N2CCNCC2)C1. The van der Waals surface area contributed by atoms with Crippen LogP contribution >= 0.6 is 0 Å². The number of hydrogen-bond donors (Lipinski definition) is 3. The molecule has 21 heavy (non-hydrogen) atoms. The predicted octanol–water partition coefficient (Wildman–Crippen LogP) is -1.22. The van der Waals surface area contributed by atoms with Crippen molar-refractivity contribution in [3.8, 4) is 0 Å². The molecule has 2 fully saturated rings. The van der Waals surface area contributed by atoms with Gasteiger partial charge >= 0.3 is 12.0 Å². The van der Waals surface area contributed by atoms with Crippen molar-refractivity contribution in [2.45, 2.75) is 6.92 Å². The summed E-state index contributed by atoms with van der Waals surface area (Å²) in [7, 11) is 0. The Morgan fingerprint density at radius 3 is 2.43 bits per heavy atom. The smallest absolute Gasteiger partial charge is 0.317 e. The fourth-order valence-electron chi connectivity index (χ4n) is 2.49. The first kappa shape index (κ1) is 15.6. The number of hydrogen-bond acceptors (Lipinski definition) is 4. The fourth-order valence-corrected chi connectivity index (χ4v) is 2.49. The standard InChI is InChI=1S/C13H22N4O4/c1-9(12(19)20)10-7-17(8-10)13(21)15-6-11(18)16-4-2-14-3-5-16/h9-10,14H,2-8H2,1H3,(H,15,21)(H,19,20). The molecule has 0 aromatic heterocycles. The molecule has 2 rings (SSSR count). The van der Waals surface area contributed by atoms with Crippen LogP contribution in [-0.2, 0) is 9.59 Å². The van der Waals surface area contributed by atoms with Gasteiger partial charge in [0.05, 0.1) is 12.5 Å². The van der Waals surface area contributed by atoms with Crippen LogP contribution in [0.15, 0.2) is 0 Å². The number of carboxylic acid groups (broad SMARTS) is 1. The van der Waals surface area contributed by atoms with Crippen LogP contribution in [0, 0.1) is 11.8 Å². The zero-order chi connectivity index (χ0) is 15.4. The number of piperazine rings is 1. The maximum Gasteiger partial charge on any atom is 0.317 e. The molecule has 2 heterocycles. The van der Waals surface area contributed by atoms with Gasteiger partial charge in [0.25, 0.3) is 0 Å². The van der Waals surface area contributed by atoms with Crippen molar-refractivity contribution < 1.29 is 19.5 Å². The highest BCUT2D eigenvalue weighted by Crippen LogP contribution is 2.23. The third-order valence-electron chi connectivity index (χ3n) is 4.15. The van der Waals surface area contributed by atoms with Crippen molar-refractivity contribution in [2.75, 3.05) is 45.8 Å². The van der Waals surface area contributed by atoms with Crippen molar-refractivity contribution in [1.29, 1.82) is 0 Å². The zero-order valence-electron chi connectivity index (χ0n) is 12.2. The quantitative estimate of drug-likeness (QED) is 0.604. The lowest BCUT2D eigenvalue weighted by molar-refractivity contribution is -0.144. The molecule has 118 valence electrons. The van der Waals surface area contributed by atoms with Gasteiger partial charge in [0.1, 0.15) is 0 Å². The largest absolute Gasteiger partial charge is 0.481 e. The van der Waals surface area contributed by atoms with Crippen molar-refractivity contribution in [3.63, 3.8) is 0 Å². The molecule has 3 amide bonds. The first-order valence-corrected chi connectivity index (χ1v) is 7.23. The molecule has 0 aromatic carbocycles. The van der Waals surface area contributed by atoms with Gasteiger partial charge in [-0.3, -0.25) is 9.59 Å². The number of amides is 3. The summed E-state index contributed by atoms with van der Waals surface area (Å²) >= 11 is 0. The Morgan fingerprint density at radius 1 is 1.24 bits per heavy atom. The van der Waals surface area contributed by atoms with Crippen LogP contribution in [0.3, 0.4) is 0 Å². The predicted molar refractivity (Wildman–Crippen MR) is 74.7 cm³/mol. The molecular weight excluding hydrogens is 276 g/mol. The van der Waals surface area contributed by atoms with Gasteiger partial charge in [-0.15, -0.1) is 0 Å². The van der Waals surface area contributed by atoms with E-state index in [0.29, 0.717) is 26.2 Å². The van der Waals surface area contributed by atoms with Gasteiger partial charge < -0.3 is 25.5 Å². The minimum atomic E-state index is -0.839. The average molecular weight is 298 g/mol. The van der Waals surface area contributed by atoms with Crippen LogP contribution in [0.2, 0.25) is 0 Å². The number of carboxylic acids is 1. The van der Waals surface area contributed by atoms with E-state index in [-0.39, 0.29) is 24.4 Å². The first-order valence-electron chi connectivity index (χ1n) is 7.23. The Hall–Kier alpha value is -1.83. The van der Waals surface area contributed by atoms with E-state index >= 15 is 0 Å². The number of nitrogens with one attached hydrogen (secondary N) is 2. The van der Waals surface area contributed by atoms with E-state index < -0.39 is 11.9 Å². The van der Waals surface area contributed by atoms with Crippen LogP contribution in [0.4, 0.5) is 4.79 Å². The first-order chi connectivity index (χ1) is 9.99. The van der Waals surface area contributed by atoms with Crippen LogP contribution in [0.5, 0.6) is 0 Å². The van der Waals surface area contributed by atoms with Gasteiger partial charge in [0.2, 0.25) is 5.91 Å². The highest BCUT2D eigenvalue weighted by molar-refractivity contribution is 5.84. The van der Waals surface area contributed by atoms with Crippen molar-refractivity contribution in [1.82, 2.24) is 20.4 Å². The number of urea groups is 1. The van der Waals surface area contributed by atoms with Gasteiger partial charge in [-0.1, -0.05) is 6.92 Å². The molecule has 2 aliphatic heterocycles. The van der Waals surface area contributed by atoms with Gasteiger partial charge in [0.15, 0.2) is 0 Å². The Morgan fingerprint density at radius 2 is 1.86 bits per heavy atom. The van der Waals surface area contributed by atoms with Crippen LogP contribution < -0.4 is 10.6 Å². The summed E-state index contributed by atoms with van der Waals surface area (Å²) in [5.41, 5.74) is 0. The monoisotopic (exact) mass is 298 g/mol. The highest BCUT2D eigenvalue weighted by Gasteiger charge is 2.37. The van der Waals surface area contributed by atoms with Crippen LogP contribution in [0.1, 0.15) is 6.92 Å². The molecule has 8 heteroatoms. The van der Waals surface area contributed by atoms with E-state index in [0.717, 1.165) is 13.1 Å². The van der Waals surface area contributed by atoms with Crippen LogP contribution in [-0.4, -0.2) is 78.6 Å². The molecule has 1 unspecified atom stereocenters. The molecule has 2 saturated heterocycles. The topological polar surface area (TPSA) is 102 Å². The Balaban J connectivity index is 1.67. The Bertz CT molecular complexity index is 416. The normalized spacial score (nSPS) is 20.6. The second-order valence-electron chi connectivity index (χ2n) is 5.58. The Kier molecular flexibility index (Phi) is 5.00. The van der Waals surface area contributed by atoms with E-state index in [1.54, 1.807) is 11.8 Å². The lowest BCUT2D eigenvalue weighted by Gasteiger charge is -2.41. The third kappa shape index (κ3) is 3.84. The maximum absolute atomic E-state index is 11.9. The number of carbonyl (C=O) groups is 3.